The van der Waals surface area contributed by atoms with Gasteiger partial charge < -0.3 is 15.0 Å². The third-order valence-electron chi connectivity index (χ3n) is 3.12. The maximum absolute atomic E-state index is 12.1. The number of alkyl carbamates (subject to hydrolysis) is 1. The lowest BCUT2D eigenvalue weighted by atomic mass is 10.0. The van der Waals surface area contributed by atoms with Gasteiger partial charge in [0, 0.05) is 35.6 Å². The Balaban J connectivity index is 1.77. The Kier molecular flexibility index (Phi) is 4.85. The monoisotopic (exact) mass is 302 g/mol. The van der Waals surface area contributed by atoms with Gasteiger partial charge in [0.2, 0.25) is 0 Å². The minimum absolute atomic E-state index is 0.0779. The number of aromatic nitrogens is 1. The zero-order valence-electron chi connectivity index (χ0n) is 13.2. The summed E-state index contributed by atoms with van der Waals surface area (Å²) in [5, 5.41) is 3.68. The van der Waals surface area contributed by atoms with Crippen molar-refractivity contribution in [2.45, 2.75) is 39.2 Å². The highest BCUT2D eigenvalue weighted by Crippen LogP contribution is 2.16. The predicted octanol–water partition coefficient (Wildman–Crippen LogP) is 3.66. The fourth-order valence-corrected chi connectivity index (χ4v) is 2.12. The van der Waals surface area contributed by atoms with Crippen LogP contribution in [0, 0.1) is 0 Å². The fourth-order valence-electron chi connectivity index (χ4n) is 2.12. The zero-order valence-corrected chi connectivity index (χ0v) is 13.2. The molecule has 1 amide bonds. The number of ether oxygens (including phenoxy) is 1. The first-order valence-corrected chi connectivity index (χ1v) is 7.42. The van der Waals surface area contributed by atoms with E-state index in [4.69, 9.17) is 4.74 Å². The van der Waals surface area contributed by atoms with Crippen LogP contribution in [0.15, 0.2) is 30.5 Å². The minimum atomic E-state index is -0.508. The van der Waals surface area contributed by atoms with Gasteiger partial charge in [-0.25, -0.2) is 4.79 Å². The Morgan fingerprint density at radius 2 is 2.00 bits per heavy atom. The Hall–Kier alpha value is -2.30. The first-order chi connectivity index (χ1) is 10.3. The van der Waals surface area contributed by atoms with Crippen LogP contribution in [0.1, 0.15) is 44.0 Å². The maximum atomic E-state index is 12.1. The van der Waals surface area contributed by atoms with E-state index in [0.717, 1.165) is 10.9 Å². The Labute approximate surface area is 130 Å². The summed E-state index contributed by atoms with van der Waals surface area (Å²) in [6.07, 6.45) is 2.38. The van der Waals surface area contributed by atoms with Crippen molar-refractivity contribution in [1.82, 2.24) is 10.3 Å². The molecule has 0 radical (unpaired) electrons. The van der Waals surface area contributed by atoms with Crippen molar-refractivity contribution in [1.29, 1.82) is 0 Å². The van der Waals surface area contributed by atoms with Gasteiger partial charge in [-0.2, -0.15) is 0 Å². The van der Waals surface area contributed by atoms with Crippen LogP contribution in [0.2, 0.25) is 0 Å². The van der Waals surface area contributed by atoms with Crippen molar-refractivity contribution >= 4 is 22.8 Å². The molecule has 0 unspecified atom stereocenters. The normalized spacial score (nSPS) is 11.4. The van der Waals surface area contributed by atoms with E-state index in [1.165, 1.54) is 0 Å². The van der Waals surface area contributed by atoms with E-state index in [9.17, 15) is 9.59 Å². The van der Waals surface area contributed by atoms with Gasteiger partial charge in [-0.05, 0) is 51.5 Å². The molecule has 22 heavy (non-hydrogen) atoms. The lowest BCUT2D eigenvalue weighted by molar-refractivity contribution is 0.0525. The van der Waals surface area contributed by atoms with E-state index in [-0.39, 0.29) is 5.78 Å². The lowest BCUT2D eigenvalue weighted by Gasteiger charge is -2.19. The van der Waals surface area contributed by atoms with Crippen LogP contribution in [0.5, 0.6) is 0 Å². The number of rotatable bonds is 5. The van der Waals surface area contributed by atoms with Crippen LogP contribution in [0.25, 0.3) is 10.9 Å². The van der Waals surface area contributed by atoms with E-state index < -0.39 is 11.7 Å². The Bertz CT molecular complexity index is 668. The molecule has 5 nitrogen and oxygen atoms in total. The molecule has 2 rings (SSSR count). The standard InChI is InChI=1S/C17H22N2O3/c1-17(2,3)22-16(21)19-9-4-5-15(20)13-6-7-14-12(11-13)8-10-18-14/h6-8,10-11,18H,4-5,9H2,1-3H3,(H,19,21). The predicted molar refractivity (Wildman–Crippen MR) is 86.1 cm³/mol. The number of fused-ring (bicyclic) bond motifs is 1. The number of nitrogens with one attached hydrogen (secondary N) is 2. The van der Waals surface area contributed by atoms with Crippen LogP contribution in [0.4, 0.5) is 4.79 Å². The Morgan fingerprint density at radius 1 is 1.23 bits per heavy atom. The van der Waals surface area contributed by atoms with Gasteiger partial charge in [-0.1, -0.05) is 0 Å². The molecular weight excluding hydrogens is 280 g/mol. The van der Waals surface area contributed by atoms with Crippen molar-refractivity contribution in [2.75, 3.05) is 6.54 Å². The van der Waals surface area contributed by atoms with Crippen LogP contribution in [-0.2, 0) is 4.74 Å². The SMILES string of the molecule is CC(C)(C)OC(=O)NCCCC(=O)c1ccc2[nH]ccc2c1. The molecule has 2 N–H and O–H groups in total. The first kappa shape index (κ1) is 16.1. The van der Waals surface area contributed by atoms with Crippen molar-refractivity contribution in [3.63, 3.8) is 0 Å². The molecule has 0 aliphatic heterocycles. The average Bonchev–Trinajstić information content (AvgIpc) is 2.88. The summed E-state index contributed by atoms with van der Waals surface area (Å²) in [4.78, 5) is 26.7. The smallest absolute Gasteiger partial charge is 0.407 e. The number of carbonyl (C=O) groups is 2. The molecule has 0 saturated carbocycles. The highest BCUT2D eigenvalue weighted by molar-refractivity contribution is 5.99. The van der Waals surface area contributed by atoms with Crippen LogP contribution in [-0.4, -0.2) is 29.0 Å². The second-order valence-electron chi connectivity index (χ2n) is 6.24. The van der Waals surface area contributed by atoms with E-state index >= 15 is 0 Å². The number of amides is 1. The van der Waals surface area contributed by atoms with Gasteiger partial charge in [-0.3, -0.25) is 4.79 Å². The summed E-state index contributed by atoms with van der Waals surface area (Å²) in [6, 6.07) is 7.55. The molecule has 0 bridgehead atoms. The van der Waals surface area contributed by atoms with Gasteiger partial charge in [-0.15, -0.1) is 0 Å². The molecule has 0 spiro atoms. The van der Waals surface area contributed by atoms with E-state index in [1.54, 1.807) is 0 Å². The highest BCUT2D eigenvalue weighted by Gasteiger charge is 2.15. The number of Topliss-reactive ketones (excluding diaryl/α,β-unsaturated/α-hetero) is 1. The van der Waals surface area contributed by atoms with E-state index in [2.05, 4.69) is 10.3 Å². The topological polar surface area (TPSA) is 71.2 Å². The van der Waals surface area contributed by atoms with Crippen molar-refractivity contribution < 1.29 is 14.3 Å². The summed E-state index contributed by atoms with van der Waals surface area (Å²) in [5.41, 5.74) is 1.21. The maximum Gasteiger partial charge on any atom is 0.407 e. The van der Waals surface area contributed by atoms with Crippen molar-refractivity contribution in [3.8, 4) is 0 Å². The van der Waals surface area contributed by atoms with Gasteiger partial charge in [0.1, 0.15) is 5.60 Å². The van der Waals surface area contributed by atoms with E-state index in [1.807, 2.05) is 51.2 Å². The van der Waals surface area contributed by atoms with Crippen molar-refractivity contribution in [2.24, 2.45) is 0 Å². The van der Waals surface area contributed by atoms with Crippen LogP contribution >= 0.6 is 0 Å². The summed E-state index contributed by atoms with van der Waals surface area (Å²) in [7, 11) is 0. The number of aromatic amines is 1. The summed E-state index contributed by atoms with van der Waals surface area (Å²) >= 11 is 0. The quantitative estimate of drug-likeness (QED) is 0.654. The van der Waals surface area contributed by atoms with Gasteiger partial charge in [0.25, 0.3) is 0 Å². The molecule has 0 atom stereocenters. The highest BCUT2D eigenvalue weighted by atomic mass is 16.6. The second-order valence-corrected chi connectivity index (χ2v) is 6.24. The molecule has 118 valence electrons. The molecule has 2 aromatic rings. The summed E-state index contributed by atoms with van der Waals surface area (Å²) < 4.78 is 5.13. The van der Waals surface area contributed by atoms with Gasteiger partial charge in [0.05, 0.1) is 0 Å². The largest absolute Gasteiger partial charge is 0.444 e. The van der Waals surface area contributed by atoms with Gasteiger partial charge >= 0.3 is 6.09 Å². The first-order valence-electron chi connectivity index (χ1n) is 7.42. The lowest BCUT2D eigenvalue weighted by Crippen LogP contribution is -2.33. The van der Waals surface area contributed by atoms with Gasteiger partial charge in [0.15, 0.2) is 5.78 Å². The molecule has 0 saturated heterocycles. The number of benzene rings is 1. The third-order valence-corrected chi connectivity index (χ3v) is 3.12. The molecule has 0 aliphatic rings. The third kappa shape index (κ3) is 4.62. The molecule has 1 aromatic carbocycles. The molecule has 0 aliphatic carbocycles. The zero-order chi connectivity index (χ0) is 16.2. The number of hydrogen-bond acceptors (Lipinski definition) is 3. The summed E-state index contributed by atoms with van der Waals surface area (Å²) in [6.45, 7) is 5.86. The van der Waals surface area contributed by atoms with Crippen molar-refractivity contribution in [3.05, 3.63) is 36.0 Å². The second kappa shape index (κ2) is 6.64. The molecule has 1 heterocycles. The number of carbonyl (C=O) groups excluding carboxylic acids is 2. The number of H-pyrrole nitrogens is 1. The minimum Gasteiger partial charge on any atom is -0.444 e. The molecule has 0 fully saturated rings. The summed E-state index contributed by atoms with van der Waals surface area (Å²) in [5.74, 6) is 0.0779. The van der Waals surface area contributed by atoms with Crippen LogP contribution in [0.3, 0.4) is 0 Å². The van der Waals surface area contributed by atoms with E-state index in [0.29, 0.717) is 24.9 Å². The molecule has 5 heteroatoms. The molecule has 1 aromatic heterocycles. The number of ketones is 1. The average molecular weight is 302 g/mol. The fraction of sp³-hybridized carbons (Fsp3) is 0.412. The number of hydrogen-bond donors (Lipinski definition) is 2. The Morgan fingerprint density at radius 3 is 2.73 bits per heavy atom. The van der Waals surface area contributed by atoms with Crippen LogP contribution < -0.4 is 5.32 Å². The molecular formula is C17H22N2O3.